The fourth-order valence-corrected chi connectivity index (χ4v) is 21.4. The second-order valence-electron chi connectivity index (χ2n) is 35.2. The van der Waals surface area contributed by atoms with E-state index in [4.69, 9.17) is 9.47 Å². The maximum Gasteiger partial charge on any atom is 0.316 e. The van der Waals surface area contributed by atoms with Gasteiger partial charge in [-0.1, -0.05) is 153 Å². The number of rotatable bonds is 22. The van der Waals surface area contributed by atoms with Gasteiger partial charge in [-0.2, -0.15) is 0 Å². The predicted octanol–water partition coefficient (Wildman–Crippen LogP) is 24.8. The molecule has 24 aromatic rings. The van der Waals surface area contributed by atoms with Gasteiger partial charge >= 0.3 is 6.01 Å². The summed E-state index contributed by atoms with van der Waals surface area (Å²) in [7, 11) is 3.13. The third-order valence-electron chi connectivity index (χ3n) is 25.9. The van der Waals surface area contributed by atoms with E-state index in [-0.39, 0.29) is 52.3 Å². The van der Waals surface area contributed by atoms with Crippen LogP contribution >= 0.6 is 45.3 Å². The SMILES string of the molecule is COc1cncc(-c2cccc3cc([C@H](C)Nc4nccc5scnc45)n(-c4ccccc4)c(=O)c23)c1.COc1ncc(-c2cccc3cc([C@H](C)Nc4nccc5scnc45)n(-c4ccccc4)c(=O)c23)cn1.Cc1cc(-c2cccc3cc([C@H](C)Cc4nccc5scnc45)n(-c4ccccc4)c(=O)c23)cnc1C.Cc1ncc(-c2cccc3cc([C@H](C)Nc4nccc5scnc45)n(-c4ccccc4)c(=O)c23)cn1. The maximum atomic E-state index is 14.3. The Morgan fingerprint density at radius 1 is 0.313 bits per heavy atom. The molecule has 16 aromatic heterocycles. The van der Waals surface area contributed by atoms with Crippen molar-refractivity contribution in [2.45, 2.75) is 78.9 Å². The van der Waals surface area contributed by atoms with Crippen LogP contribution in [0.2, 0.25) is 0 Å². The summed E-state index contributed by atoms with van der Waals surface area (Å²) < 4.78 is 22.0. The van der Waals surface area contributed by atoms with E-state index in [0.717, 1.165) is 169 Å². The molecule has 0 fully saturated rings. The van der Waals surface area contributed by atoms with Crippen molar-refractivity contribution in [1.29, 1.82) is 0 Å². The highest BCUT2D eigenvalue weighted by atomic mass is 32.1. The van der Waals surface area contributed by atoms with E-state index >= 15 is 0 Å². The van der Waals surface area contributed by atoms with Crippen LogP contribution in [0.1, 0.15) is 97.3 Å². The lowest BCUT2D eigenvalue weighted by atomic mass is 9.94. The molecule has 0 amide bonds. The molecule has 722 valence electrons. The van der Waals surface area contributed by atoms with Crippen molar-refractivity contribution in [3.8, 4) is 79.0 Å². The number of anilines is 3. The highest BCUT2D eigenvalue weighted by Gasteiger charge is 2.28. The monoisotopic (exact) mass is 2000 g/mol. The number of ether oxygens (including phenoxy) is 2. The predicted molar refractivity (Wildman–Crippen MR) is 592 cm³/mol. The molecule has 0 radical (unpaired) electrons. The first-order valence-corrected chi connectivity index (χ1v) is 51.0. The zero-order chi connectivity index (χ0) is 101. The topological polar surface area (TPSA) is 323 Å². The standard InChI is InChI=1S/C31H26N4OS.C29H23N5O2S.C28H22N6O2S.C28H22N6OS/c1-19-14-23(17-33-21(19)3)25-11-7-8-22-16-27(35(31(36)29(22)25)24-9-5-4-6-10-24)20(2)15-26-30-28(12-13-32-26)37-18-34-30;1-18(33-28-27-25(11-12-31-28)37-17-32-27)24-14-19-7-6-10-23(20-13-22(36-2)16-30-15-20)26(19)29(35)34(24)21-8-4-3-5-9-21;1-17(33-26-25-23(11-12-29-26)37-16-32-25)22-13-18-7-6-10-21(19-14-30-28(36-2)31-15-19)24(18)27(35)34(22)20-8-4-3-5-9-20;1-17(33-27-26-24(11-12-29-27)36-16-32-26)23-13-19-7-6-10-22(20-14-30-18(2)31-15-20)25(19)28(35)34(23)21-8-4-3-5-9-21/h4-14,16-18,20H,15H2,1-3H3;3-18H,1-2H3,(H,31,33);3-17H,1-2H3,(H,29,33);3-17H,1-2H3,(H,29,33)/t20-;18-;2*17-/m1000/s1. The molecule has 147 heavy (non-hydrogen) atoms. The molecule has 0 aliphatic carbocycles. The number of nitrogens with one attached hydrogen (secondary N) is 3. The second kappa shape index (κ2) is 42.0. The maximum absolute atomic E-state index is 14.3. The molecular formula is C116H93N21O6S4. The van der Waals surface area contributed by atoms with Gasteiger partial charge in [-0.15, -0.1) is 45.3 Å². The van der Waals surface area contributed by atoms with Crippen LogP contribution in [0.15, 0.2) is 364 Å². The third-order valence-corrected chi connectivity index (χ3v) is 29.1. The summed E-state index contributed by atoms with van der Waals surface area (Å²) in [4.78, 5) is 119. The van der Waals surface area contributed by atoms with Crippen molar-refractivity contribution in [1.82, 2.24) is 88.0 Å². The van der Waals surface area contributed by atoms with Gasteiger partial charge in [0.25, 0.3) is 22.2 Å². The second-order valence-corrected chi connectivity index (χ2v) is 38.8. The lowest BCUT2D eigenvalue weighted by Crippen LogP contribution is -2.26. The fourth-order valence-electron chi connectivity index (χ4n) is 18.7. The van der Waals surface area contributed by atoms with E-state index in [0.29, 0.717) is 57.0 Å². The van der Waals surface area contributed by atoms with Crippen molar-refractivity contribution in [3.63, 3.8) is 0 Å². The Labute approximate surface area is 858 Å². The van der Waals surface area contributed by atoms with Crippen molar-refractivity contribution < 1.29 is 9.47 Å². The summed E-state index contributed by atoms with van der Waals surface area (Å²) in [5.41, 5.74) is 26.6. The number of aromatic nitrogens is 18. The first-order chi connectivity index (χ1) is 71.9. The average molecular weight is 2010 g/mol. The Morgan fingerprint density at radius 3 is 1.02 bits per heavy atom. The lowest BCUT2D eigenvalue weighted by Gasteiger charge is -2.22. The van der Waals surface area contributed by atoms with Gasteiger partial charge in [0.15, 0.2) is 17.5 Å². The van der Waals surface area contributed by atoms with Gasteiger partial charge in [-0.3, -0.25) is 52.4 Å². The Kier molecular flexibility index (Phi) is 27.3. The third kappa shape index (κ3) is 19.3. The Bertz CT molecular complexity index is 9290. The number of para-hydroxylation sites is 4. The van der Waals surface area contributed by atoms with Crippen LogP contribution in [-0.2, 0) is 6.42 Å². The highest BCUT2D eigenvalue weighted by molar-refractivity contribution is 7.17. The first kappa shape index (κ1) is 95.4. The number of benzene rings is 8. The van der Waals surface area contributed by atoms with E-state index in [1.54, 1.807) is 122 Å². The average Bonchev–Trinajstić information content (AvgIpc) is 1.31. The number of aryl methyl sites for hydroxylation is 3. The Morgan fingerprint density at radius 2 is 0.646 bits per heavy atom. The van der Waals surface area contributed by atoms with Gasteiger partial charge in [0.05, 0.1) is 107 Å². The molecule has 3 N–H and O–H groups in total. The van der Waals surface area contributed by atoms with E-state index < -0.39 is 0 Å². The molecule has 4 atom stereocenters. The molecule has 0 spiro atoms. The number of fused-ring (bicyclic) bond motifs is 8. The number of hydrogen-bond donors (Lipinski definition) is 3. The van der Waals surface area contributed by atoms with E-state index in [9.17, 15) is 19.2 Å². The first-order valence-electron chi connectivity index (χ1n) is 47.4. The molecule has 0 aliphatic rings. The van der Waals surface area contributed by atoms with Crippen LogP contribution in [-0.4, -0.2) is 102 Å². The minimum atomic E-state index is -0.245. The molecular weight excluding hydrogens is 1910 g/mol. The highest BCUT2D eigenvalue weighted by Crippen LogP contribution is 2.40. The van der Waals surface area contributed by atoms with Gasteiger partial charge in [0.2, 0.25) is 0 Å². The van der Waals surface area contributed by atoms with Crippen LogP contribution < -0.4 is 47.7 Å². The van der Waals surface area contributed by atoms with Gasteiger partial charge < -0.3 is 25.4 Å². The zero-order valence-corrected chi connectivity index (χ0v) is 84.3. The molecule has 16 heterocycles. The molecule has 0 saturated heterocycles. The molecule has 0 unspecified atom stereocenters. The summed E-state index contributed by atoms with van der Waals surface area (Å²) in [6.07, 6.45) is 20.0. The Balaban J connectivity index is 0.000000115. The van der Waals surface area contributed by atoms with Crippen molar-refractivity contribution >= 4 is 147 Å². The number of pyridine rings is 10. The van der Waals surface area contributed by atoms with Crippen molar-refractivity contribution in [2.75, 3.05) is 30.2 Å². The van der Waals surface area contributed by atoms with Crippen molar-refractivity contribution in [2.24, 2.45) is 0 Å². The van der Waals surface area contributed by atoms with Gasteiger partial charge in [0, 0.05) is 141 Å². The van der Waals surface area contributed by atoms with Gasteiger partial charge in [0.1, 0.15) is 33.6 Å². The van der Waals surface area contributed by atoms with Gasteiger partial charge in [-0.05, 0) is 207 Å². The number of thiazole rings is 4. The van der Waals surface area contributed by atoms with E-state index in [1.165, 1.54) is 7.11 Å². The number of hydrogen-bond acceptors (Lipinski definition) is 27. The molecule has 31 heteroatoms. The van der Waals surface area contributed by atoms with Crippen LogP contribution in [0.5, 0.6) is 11.8 Å². The minimum Gasteiger partial charge on any atom is -0.495 e. The summed E-state index contributed by atoms with van der Waals surface area (Å²) in [5, 5.41) is 16.5. The molecule has 27 nitrogen and oxygen atoms in total. The summed E-state index contributed by atoms with van der Waals surface area (Å²) >= 11 is 6.33. The molecule has 8 aromatic carbocycles. The minimum absolute atomic E-state index is 0.0285. The molecule has 24 rings (SSSR count). The van der Waals surface area contributed by atoms with Crippen LogP contribution in [0, 0.1) is 20.8 Å². The van der Waals surface area contributed by atoms with E-state index in [2.05, 4.69) is 130 Å². The number of nitrogens with zero attached hydrogens (tertiary/aromatic N) is 18. The van der Waals surface area contributed by atoms with Gasteiger partial charge in [-0.25, -0.2) is 54.8 Å². The fraction of sp³-hybridized carbons (Fsp3) is 0.121. The smallest absolute Gasteiger partial charge is 0.316 e. The summed E-state index contributed by atoms with van der Waals surface area (Å²) in [6.45, 7) is 14.1. The Hall–Kier alpha value is -17.8. The number of methoxy groups -OCH3 is 2. The lowest BCUT2D eigenvalue weighted by molar-refractivity contribution is 0.380. The van der Waals surface area contributed by atoms with Crippen LogP contribution in [0.25, 0.3) is 151 Å². The summed E-state index contributed by atoms with van der Waals surface area (Å²) in [5.74, 6) is 3.42. The van der Waals surface area contributed by atoms with Crippen LogP contribution in [0.4, 0.5) is 17.5 Å². The largest absolute Gasteiger partial charge is 0.495 e. The molecule has 0 bridgehead atoms. The van der Waals surface area contributed by atoms with E-state index in [1.807, 2.05) is 298 Å². The quantitative estimate of drug-likeness (QED) is 0.0567. The normalized spacial score (nSPS) is 12.1. The zero-order valence-electron chi connectivity index (χ0n) is 81.1. The molecule has 0 saturated carbocycles. The van der Waals surface area contributed by atoms with Crippen molar-refractivity contribution in [3.05, 3.63) is 432 Å². The summed E-state index contributed by atoms with van der Waals surface area (Å²) in [6, 6.07) is 82.3. The van der Waals surface area contributed by atoms with Crippen LogP contribution in [0.3, 0.4) is 0 Å². The molecule has 0 aliphatic heterocycles.